The van der Waals surface area contributed by atoms with Gasteiger partial charge < -0.3 is 5.32 Å². The van der Waals surface area contributed by atoms with Crippen molar-refractivity contribution in [3.63, 3.8) is 0 Å². The van der Waals surface area contributed by atoms with Gasteiger partial charge in [-0.25, -0.2) is 4.68 Å². The predicted octanol–water partition coefficient (Wildman–Crippen LogP) is 4.83. The lowest BCUT2D eigenvalue weighted by molar-refractivity contribution is 0.0946. The van der Waals surface area contributed by atoms with Gasteiger partial charge in [0, 0.05) is 30.4 Å². The van der Waals surface area contributed by atoms with E-state index < -0.39 is 0 Å². The first kappa shape index (κ1) is 20.5. The van der Waals surface area contributed by atoms with Crippen LogP contribution in [0.3, 0.4) is 0 Å². The molecule has 5 heteroatoms. The number of hydrogen-bond acceptors (Lipinski definition) is 3. The molecule has 0 aliphatic rings. The lowest BCUT2D eigenvalue weighted by Gasteiger charge is -2.08. The number of amides is 1. The number of benzene rings is 2. The number of carbonyl (C=O) groups excluding carboxylic acids is 1. The van der Waals surface area contributed by atoms with E-state index in [0.29, 0.717) is 18.7 Å². The molecule has 0 saturated carbocycles. The molecule has 2 heterocycles. The summed E-state index contributed by atoms with van der Waals surface area (Å²) in [5.41, 5.74) is 7.68. The Morgan fingerprint density at radius 3 is 2.45 bits per heavy atom. The lowest BCUT2D eigenvalue weighted by atomic mass is 10.0. The third kappa shape index (κ3) is 4.72. The maximum absolute atomic E-state index is 13.1. The van der Waals surface area contributed by atoms with Crippen molar-refractivity contribution in [2.45, 2.75) is 27.2 Å². The molecular weight excluding hydrogens is 384 g/mol. The van der Waals surface area contributed by atoms with Gasteiger partial charge in [0.2, 0.25) is 0 Å². The van der Waals surface area contributed by atoms with Crippen molar-refractivity contribution in [1.82, 2.24) is 20.1 Å². The molecule has 0 bridgehead atoms. The van der Waals surface area contributed by atoms with Crippen molar-refractivity contribution in [3.05, 3.63) is 101 Å². The van der Waals surface area contributed by atoms with Gasteiger partial charge in [0.15, 0.2) is 0 Å². The smallest absolute Gasteiger partial charge is 0.270 e. The zero-order valence-electron chi connectivity index (χ0n) is 18.1. The topological polar surface area (TPSA) is 59.8 Å². The minimum absolute atomic E-state index is 0.154. The molecule has 5 nitrogen and oxygen atoms in total. The first-order chi connectivity index (χ1) is 15.0. The molecule has 0 radical (unpaired) electrons. The van der Waals surface area contributed by atoms with Gasteiger partial charge >= 0.3 is 0 Å². The van der Waals surface area contributed by atoms with E-state index in [-0.39, 0.29) is 5.91 Å². The Kier molecular flexibility index (Phi) is 5.94. The Bertz CT molecular complexity index is 1190. The molecule has 0 aliphatic carbocycles. The molecular formula is C26H26N4O. The average molecular weight is 411 g/mol. The molecule has 4 rings (SSSR count). The van der Waals surface area contributed by atoms with E-state index in [4.69, 9.17) is 5.10 Å². The molecule has 0 aliphatic heterocycles. The summed E-state index contributed by atoms with van der Waals surface area (Å²) in [5, 5.41) is 7.80. The summed E-state index contributed by atoms with van der Waals surface area (Å²) in [7, 11) is 0. The van der Waals surface area contributed by atoms with Crippen molar-refractivity contribution in [3.8, 4) is 16.9 Å². The number of pyridine rings is 1. The molecule has 4 aromatic rings. The van der Waals surface area contributed by atoms with Gasteiger partial charge in [-0.2, -0.15) is 5.10 Å². The second-order valence-electron chi connectivity index (χ2n) is 7.79. The fourth-order valence-electron chi connectivity index (χ4n) is 3.41. The van der Waals surface area contributed by atoms with Crippen LogP contribution in [0.1, 0.15) is 32.9 Å². The Morgan fingerprint density at radius 1 is 0.935 bits per heavy atom. The zero-order valence-corrected chi connectivity index (χ0v) is 18.1. The summed E-state index contributed by atoms with van der Waals surface area (Å²) >= 11 is 0. The van der Waals surface area contributed by atoms with Gasteiger partial charge in [-0.1, -0.05) is 35.9 Å². The van der Waals surface area contributed by atoms with Gasteiger partial charge in [0.1, 0.15) is 5.69 Å². The van der Waals surface area contributed by atoms with E-state index in [1.807, 2.05) is 61.5 Å². The van der Waals surface area contributed by atoms with Gasteiger partial charge in [0.05, 0.1) is 11.4 Å². The molecule has 0 fully saturated rings. The van der Waals surface area contributed by atoms with Gasteiger partial charge in [-0.15, -0.1) is 0 Å². The monoisotopic (exact) mass is 410 g/mol. The number of aromatic nitrogens is 3. The second-order valence-corrected chi connectivity index (χ2v) is 7.79. The lowest BCUT2D eigenvalue weighted by Crippen LogP contribution is -2.28. The Hall–Kier alpha value is -3.73. The maximum atomic E-state index is 13.1. The van der Waals surface area contributed by atoms with E-state index in [1.54, 1.807) is 10.9 Å². The number of aryl methyl sites for hydroxylation is 3. The van der Waals surface area contributed by atoms with Gasteiger partial charge in [-0.05, 0) is 68.3 Å². The molecule has 0 spiro atoms. The Morgan fingerprint density at radius 2 is 1.74 bits per heavy atom. The second kappa shape index (κ2) is 8.96. The van der Waals surface area contributed by atoms with Crippen molar-refractivity contribution in [2.75, 3.05) is 6.54 Å². The van der Waals surface area contributed by atoms with E-state index in [1.165, 1.54) is 11.1 Å². The van der Waals surface area contributed by atoms with Crippen LogP contribution in [-0.2, 0) is 6.42 Å². The van der Waals surface area contributed by atoms with E-state index in [0.717, 1.165) is 28.2 Å². The highest BCUT2D eigenvalue weighted by atomic mass is 16.2. The van der Waals surface area contributed by atoms with E-state index in [9.17, 15) is 4.79 Å². The largest absolute Gasteiger partial charge is 0.350 e. The van der Waals surface area contributed by atoms with Crippen molar-refractivity contribution < 1.29 is 4.79 Å². The van der Waals surface area contributed by atoms with E-state index >= 15 is 0 Å². The van der Waals surface area contributed by atoms with Crippen molar-refractivity contribution in [1.29, 1.82) is 0 Å². The summed E-state index contributed by atoms with van der Waals surface area (Å²) in [6, 6.07) is 21.9. The number of nitrogens with one attached hydrogen (secondary N) is 1. The minimum atomic E-state index is -0.154. The highest BCUT2D eigenvalue weighted by Gasteiger charge is 2.18. The summed E-state index contributed by atoms with van der Waals surface area (Å²) in [4.78, 5) is 17.4. The number of rotatable bonds is 6. The summed E-state index contributed by atoms with van der Waals surface area (Å²) < 4.78 is 1.72. The average Bonchev–Trinajstić information content (AvgIpc) is 3.22. The fourth-order valence-corrected chi connectivity index (χ4v) is 3.41. The third-order valence-corrected chi connectivity index (χ3v) is 5.42. The van der Waals surface area contributed by atoms with Crippen molar-refractivity contribution >= 4 is 5.91 Å². The molecule has 31 heavy (non-hydrogen) atoms. The van der Waals surface area contributed by atoms with Gasteiger partial charge in [-0.3, -0.25) is 9.78 Å². The molecule has 0 atom stereocenters. The first-order valence-electron chi connectivity index (χ1n) is 10.4. The first-order valence-corrected chi connectivity index (χ1v) is 10.4. The Labute approximate surface area is 182 Å². The molecule has 0 saturated heterocycles. The van der Waals surface area contributed by atoms with Crippen LogP contribution in [0.2, 0.25) is 0 Å². The Balaban J connectivity index is 1.64. The summed E-state index contributed by atoms with van der Waals surface area (Å²) in [5.74, 6) is -0.154. The molecule has 1 N–H and O–H groups in total. The molecule has 0 unspecified atom stereocenters. The summed E-state index contributed by atoms with van der Waals surface area (Å²) in [6.45, 7) is 6.72. The minimum Gasteiger partial charge on any atom is -0.350 e. The third-order valence-electron chi connectivity index (χ3n) is 5.42. The van der Waals surface area contributed by atoms with Crippen molar-refractivity contribution in [2.24, 2.45) is 0 Å². The SMILES string of the molecule is Cc1ccc(-n2nc(-c3ccc(C)c(C)c3)cc2C(=O)NCCc2ccccn2)cc1. The van der Waals surface area contributed by atoms with Crippen LogP contribution >= 0.6 is 0 Å². The van der Waals surface area contributed by atoms with E-state index in [2.05, 4.69) is 36.3 Å². The van der Waals surface area contributed by atoms with Crippen LogP contribution in [0.25, 0.3) is 16.9 Å². The zero-order chi connectivity index (χ0) is 21.8. The predicted molar refractivity (Wildman–Crippen MR) is 123 cm³/mol. The fraction of sp³-hybridized carbons (Fsp3) is 0.192. The summed E-state index contributed by atoms with van der Waals surface area (Å²) in [6.07, 6.45) is 2.44. The number of carbonyl (C=O) groups is 1. The van der Waals surface area contributed by atoms with Crippen LogP contribution in [0.5, 0.6) is 0 Å². The number of hydrogen-bond donors (Lipinski definition) is 1. The normalized spacial score (nSPS) is 10.8. The quantitative estimate of drug-likeness (QED) is 0.495. The standard InChI is InChI=1S/C26H26N4O/c1-18-7-11-23(12-8-18)30-25(26(31)28-15-13-22-6-4-5-14-27-22)17-24(29-30)21-10-9-19(2)20(3)16-21/h4-12,14,16-17H,13,15H2,1-3H3,(H,28,31). The highest BCUT2D eigenvalue weighted by molar-refractivity contribution is 5.94. The molecule has 2 aromatic heterocycles. The molecule has 156 valence electrons. The van der Waals surface area contributed by atoms with Crippen LogP contribution in [0.15, 0.2) is 72.9 Å². The molecule has 2 aromatic carbocycles. The maximum Gasteiger partial charge on any atom is 0.270 e. The van der Waals surface area contributed by atoms with Crippen LogP contribution in [0.4, 0.5) is 0 Å². The van der Waals surface area contributed by atoms with Crippen LogP contribution in [-0.4, -0.2) is 27.2 Å². The van der Waals surface area contributed by atoms with Crippen LogP contribution in [0, 0.1) is 20.8 Å². The number of nitrogens with zero attached hydrogens (tertiary/aromatic N) is 3. The highest BCUT2D eigenvalue weighted by Crippen LogP contribution is 2.24. The van der Waals surface area contributed by atoms with Crippen LogP contribution < -0.4 is 5.32 Å². The molecule has 1 amide bonds. The van der Waals surface area contributed by atoms with Gasteiger partial charge in [0.25, 0.3) is 5.91 Å².